The Hall–Kier alpha value is -2.83. The molecule has 0 bridgehead atoms. The van der Waals surface area contributed by atoms with Crippen LogP contribution in [0.1, 0.15) is 13.3 Å². The second kappa shape index (κ2) is 11.3. The molecular formula is C21H24N4O5S3. The summed E-state index contributed by atoms with van der Waals surface area (Å²) in [5.74, 6) is 1.02. The van der Waals surface area contributed by atoms with E-state index in [1.165, 1.54) is 43.8 Å². The van der Waals surface area contributed by atoms with Gasteiger partial charge in [-0.05, 0) is 30.7 Å². The van der Waals surface area contributed by atoms with Crippen LogP contribution in [0.15, 0.2) is 57.8 Å². The maximum atomic E-state index is 13.5. The Kier molecular flexibility index (Phi) is 8.53. The van der Waals surface area contributed by atoms with E-state index in [2.05, 4.69) is 22.4 Å². The number of nitrogens with zero attached hydrogens (tertiary/aromatic N) is 3. The number of ether oxygens (including phenoxy) is 2. The van der Waals surface area contributed by atoms with Crippen LogP contribution in [0, 0.1) is 0 Å². The second-order valence-electron chi connectivity index (χ2n) is 6.63. The quantitative estimate of drug-likeness (QED) is 0.307. The number of hydrogen-bond acceptors (Lipinski definition) is 9. The van der Waals surface area contributed by atoms with Crippen molar-refractivity contribution in [2.75, 3.05) is 36.1 Å². The Balaban J connectivity index is 1.87. The van der Waals surface area contributed by atoms with Gasteiger partial charge in [0.25, 0.3) is 10.0 Å². The smallest absolute Gasteiger partial charge is 0.264 e. The summed E-state index contributed by atoms with van der Waals surface area (Å²) in [6.45, 7) is 1.62. The molecule has 9 nitrogen and oxygen atoms in total. The number of sulfonamides is 1. The van der Waals surface area contributed by atoms with Gasteiger partial charge in [0.05, 0.1) is 24.8 Å². The molecule has 0 aliphatic carbocycles. The monoisotopic (exact) mass is 508 g/mol. The summed E-state index contributed by atoms with van der Waals surface area (Å²) in [4.78, 5) is 12.8. The summed E-state index contributed by atoms with van der Waals surface area (Å²) in [6, 6.07) is 12.7. The van der Waals surface area contributed by atoms with Crippen molar-refractivity contribution in [3.8, 4) is 11.5 Å². The molecule has 1 N–H and O–H groups in total. The van der Waals surface area contributed by atoms with Crippen LogP contribution in [0.2, 0.25) is 0 Å². The first kappa shape index (κ1) is 24.8. The van der Waals surface area contributed by atoms with E-state index in [1.807, 2.05) is 0 Å². The minimum absolute atomic E-state index is 0.0361. The molecule has 176 valence electrons. The Morgan fingerprint density at radius 2 is 1.82 bits per heavy atom. The molecule has 0 saturated carbocycles. The van der Waals surface area contributed by atoms with E-state index in [0.29, 0.717) is 16.6 Å². The predicted molar refractivity (Wildman–Crippen MR) is 130 cm³/mol. The van der Waals surface area contributed by atoms with Crippen molar-refractivity contribution in [2.24, 2.45) is 0 Å². The van der Waals surface area contributed by atoms with Crippen molar-refractivity contribution in [1.29, 1.82) is 0 Å². The van der Waals surface area contributed by atoms with Gasteiger partial charge in [-0.15, -0.1) is 10.2 Å². The summed E-state index contributed by atoms with van der Waals surface area (Å²) in [5, 5.41) is 11.0. The third-order valence-corrected chi connectivity index (χ3v) is 8.30. The fourth-order valence-corrected chi connectivity index (χ4v) is 5.94. The Labute approximate surface area is 201 Å². The average molecular weight is 509 g/mol. The van der Waals surface area contributed by atoms with Crippen molar-refractivity contribution in [3.63, 3.8) is 0 Å². The lowest BCUT2D eigenvalue weighted by molar-refractivity contribution is -0.114. The minimum atomic E-state index is -4.11. The van der Waals surface area contributed by atoms with Gasteiger partial charge in [0.15, 0.2) is 15.8 Å². The van der Waals surface area contributed by atoms with Gasteiger partial charge in [-0.1, -0.05) is 48.2 Å². The van der Waals surface area contributed by atoms with E-state index in [9.17, 15) is 13.2 Å². The van der Waals surface area contributed by atoms with Crippen LogP contribution in [-0.2, 0) is 14.8 Å². The largest absolute Gasteiger partial charge is 0.493 e. The van der Waals surface area contributed by atoms with E-state index >= 15 is 0 Å². The minimum Gasteiger partial charge on any atom is -0.493 e. The number of rotatable bonds is 11. The lowest BCUT2D eigenvalue weighted by atomic mass is 10.3. The molecule has 0 fully saturated rings. The number of aromatic nitrogens is 2. The Morgan fingerprint density at radius 3 is 2.48 bits per heavy atom. The number of hydrogen-bond donors (Lipinski definition) is 1. The molecule has 33 heavy (non-hydrogen) atoms. The molecule has 0 unspecified atom stereocenters. The molecular weight excluding hydrogens is 484 g/mol. The van der Waals surface area contributed by atoms with Gasteiger partial charge in [0.1, 0.15) is 6.54 Å². The highest BCUT2D eigenvalue weighted by Crippen LogP contribution is 2.32. The first-order chi connectivity index (χ1) is 15.9. The maximum absolute atomic E-state index is 13.5. The molecule has 0 aliphatic heterocycles. The van der Waals surface area contributed by atoms with Crippen molar-refractivity contribution >= 4 is 49.8 Å². The number of amides is 1. The van der Waals surface area contributed by atoms with Crippen LogP contribution in [0.25, 0.3) is 0 Å². The highest BCUT2D eigenvalue weighted by atomic mass is 32.2. The van der Waals surface area contributed by atoms with Gasteiger partial charge in [-0.3, -0.25) is 14.4 Å². The second-order valence-corrected chi connectivity index (χ2v) is 10.8. The first-order valence-electron chi connectivity index (χ1n) is 9.95. The van der Waals surface area contributed by atoms with Gasteiger partial charge in [-0.25, -0.2) is 8.42 Å². The van der Waals surface area contributed by atoms with Crippen LogP contribution in [0.4, 0.5) is 10.8 Å². The standard InChI is InChI=1S/C21H24N4O5S3/c1-4-12-31-21-24-23-20(32-21)22-19(26)14-25(15-8-6-5-7-9-15)33(27,28)16-10-11-17(29-2)18(13-16)30-3/h5-11,13H,4,12,14H2,1-3H3,(H,22,23,26). The average Bonchev–Trinajstić information content (AvgIpc) is 3.28. The number of methoxy groups -OCH3 is 2. The zero-order chi connectivity index (χ0) is 23.8. The number of anilines is 2. The number of carbonyl (C=O) groups is 1. The fourth-order valence-electron chi connectivity index (χ4n) is 2.81. The van der Waals surface area contributed by atoms with Gasteiger partial charge in [0.2, 0.25) is 11.0 Å². The molecule has 0 aliphatic rings. The van der Waals surface area contributed by atoms with Crippen molar-refractivity contribution in [2.45, 2.75) is 22.6 Å². The molecule has 3 aromatic rings. The molecule has 0 radical (unpaired) electrons. The van der Waals surface area contributed by atoms with E-state index in [0.717, 1.165) is 20.8 Å². The van der Waals surface area contributed by atoms with Crippen molar-refractivity contribution in [3.05, 3.63) is 48.5 Å². The number of benzene rings is 2. The lowest BCUT2D eigenvalue weighted by Crippen LogP contribution is -2.38. The summed E-state index contributed by atoms with van der Waals surface area (Å²) in [6.07, 6.45) is 0.992. The van der Waals surface area contributed by atoms with E-state index in [-0.39, 0.29) is 10.6 Å². The number of thioether (sulfide) groups is 1. The SMILES string of the molecule is CCCSc1nnc(NC(=O)CN(c2ccccc2)S(=O)(=O)c2ccc(OC)c(OC)c2)s1. The summed E-state index contributed by atoms with van der Waals surface area (Å²) < 4.78 is 39.3. The summed E-state index contributed by atoms with van der Waals surface area (Å²) >= 11 is 2.80. The molecule has 2 aromatic carbocycles. The van der Waals surface area contributed by atoms with Crippen LogP contribution in [0.5, 0.6) is 11.5 Å². The normalized spacial score (nSPS) is 11.1. The number of para-hydroxylation sites is 1. The van der Waals surface area contributed by atoms with E-state index in [4.69, 9.17) is 9.47 Å². The van der Waals surface area contributed by atoms with Crippen LogP contribution in [0.3, 0.4) is 0 Å². The molecule has 1 heterocycles. The fraction of sp³-hybridized carbons (Fsp3) is 0.286. The molecule has 0 atom stereocenters. The highest BCUT2D eigenvalue weighted by molar-refractivity contribution is 8.01. The molecule has 1 aromatic heterocycles. The molecule has 12 heteroatoms. The zero-order valence-corrected chi connectivity index (χ0v) is 20.8. The van der Waals surface area contributed by atoms with Crippen LogP contribution >= 0.6 is 23.1 Å². The van der Waals surface area contributed by atoms with E-state index in [1.54, 1.807) is 42.1 Å². The molecule has 3 rings (SSSR count). The summed E-state index contributed by atoms with van der Waals surface area (Å²) in [7, 11) is -1.22. The lowest BCUT2D eigenvalue weighted by Gasteiger charge is -2.24. The highest BCUT2D eigenvalue weighted by Gasteiger charge is 2.28. The maximum Gasteiger partial charge on any atom is 0.264 e. The molecule has 1 amide bonds. The number of nitrogens with one attached hydrogen (secondary N) is 1. The number of carbonyl (C=O) groups excluding carboxylic acids is 1. The van der Waals surface area contributed by atoms with Gasteiger partial charge in [-0.2, -0.15) is 0 Å². The Bertz CT molecular complexity index is 1190. The topological polar surface area (TPSA) is 111 Å². The predicted octanol–water partition coefficient (Wildman–Crippen LogP) is 3.89. The summed E-state index contributed by atoms with van der Waals surface area (Å²) in [5.41, 5.74) is 0.346. The van der Waals surface area contributed by atoms with Gasteiger partial charge in [0, 0.05) is 11.8 Å². The third kappa shape index (κ3) is 6.15. The molecule has 0 saturated heterocycles. The van der Waals surface area contributed by atoms with Crippen molar-refractivity contribution in [1.82, 2.24) is 10.2 Å². The van der Waals surface area contributed by atoms with Gasteiger partial charge < -0.3 is 9.47 Å². The first-order valence-corrected chi connectivity index (χ1v) is 13.2. The van der Waals surface area contributed by atoms with Crippen molar-refractivity contribution < 1.29 is 22.7 Å². The van der Waals surface area contributed by atoms with Crippen LogP contribution in [-0.4, -0.2) is 51.0 Å². The Morgan fingerprint density at radius 1 is 1.09 bits per heavy atom. The van der Waals surface area contributed by atoms with E-state index < -0.39 is 22.5 Å². The zero-order valence-electron chi connectivity index (χ0n) is 18.3. The molecule has 0 spiro atoms. The van der Waals surface area contributed by atoms with Gasteiger partial charge >= 0.3 is 0 Å². The van der Waals surface area contributed by atoms with Crippen LogP contribution < -0.4 is 19.1 Å². The third-order valence-electron chi connectivity index (χ3n) is 4.36.